The Bertz CT molecular complexity index is 6160. The summed E-state index contributed by atoms with van der Waals surface area (Å²) in [6.45, 7) is 0. The van der Waals surface area contributed by atoms with E-state index in [1.165, 1.54) is 93.5 Å². The Kier molecular flexibility index (Phi) is 15.1. The molecule has 104 heavy (non-hydrogen) atoms. The summed E-state index contributed by atoms with van der Waals surface area (Å²) in [5.41, 5.74) is 26.1. The molecule has 2 N–H and O–H groups in total. The van der Waals surface area contributed by atoms with Gasteiger partial charge in [0.1, 0.15) is 17.5 Å². The zero-order chi connectivity index (χ0) is 68.7. The molecule has 0 saturated heterocycles. The Morgan fingerprint density at radius 3 is 1.24 bits per heavy atom. The summed E-state index contributed by atoms with van der Waals surface area (Å²) in [7, 11) is 0. The molecule has 3 aromatic heterocycles. The van der Waals surface area contributed by atoms with Crippen LogP contribution in [0.5, 0.6) is 0 Å². The molecule has 0 atom stereocenters. The van der Waals surface area contributed by atoms with Crippen molar-refractivity contribution in [3.63, 3.8) is 0 Å². The third-order valence-electron chi connectivity index (χ3n) is 22.3. The van der Waals surface area contributed by atoms with Gasteiger partial charge in [0.2, 0.25) is 0 Å². The molecule has 1 spiro atoms. The zero-order valence-electron chi connectivity index (χ0n) is 57.9. The molecule has 498 valence electrons. The summed E-state index contributed by atoms with van der Waals surface area (Å²) < 4.78 is 2.44. The fourth-order valence-corrected chi connectivity index (χ4v) is 17.3. The van der Waals surface area contributed by atoms with E-state index < -0.39 is 5.79 Å². The third kappa shape index (κ3) is 10.6. The first kappa shape index (κ1) is 61.5. The van der Waals surface area contributed by atoms with Gasteiger partial charge in [-0.15, -0.1) is 0 Å². The quantitative estimate of drug-likeness (QED) is 0.162. The molecule has 6 heterocycles. The van der Waals surface area contributed by atoms with Crippen molar-refractivity contribution in [1.29, 1.82) is 0 Å². The second-order valence-corrected chi connectivity index (χ2v) is 28.7. The Hall–Kier alpha value is -12.4. The summed E-state index contributed by atoms with van der Waals surface area (Å²) >= 11 is 0. The Morgan fingerprint density at radius 1 is 0.298 bits per heavy atom. The molecule has 0 fully saturated rings. The van der Waals surface area contributed by atoms with Crippen molar-refractivity contribution in [3.8, 4) is 79.2 Å². The first-order chi connectivity index (χ1) is 51.5. The first-order valence-electron chi connectivity index (χ1n) is 37.1. The number of H-pyrrole nitrogens is 2. The molecule has 8 nitrogen and oxygen atoms in total. The second-order valence-electron chi connectivity index (χ2n) is 28.7. The number of aryl methyl sites for hydroxylation is 8. The van der Waals surface area contributed by atoms with Crippen LogP contribution in [0.2, 0.25) is 0 Å². The highest BCUT2D eigenvalue weighted by Crippen LogP contribution is 2.48. The van der Waals surface area contributed by atoms with E-state index in [2.05, 4.69) is 306 Å². The topological polar surface area (TPSA) is 99.9 Å². The molecule has 3 aliphatic heterocycles. The highest BCUT2D eigenvalue weighted by molar-refractivity contribution is 6.23. The van der Waals surface area contributed by atoms with Crippen molar-refractivity contribution in [2.24, 2.45) is 9.98 Å². The van der Waals surface area contributed by atoms with Crippen molar-refractivity contribution in [2.75, 3.05) is 0 Å². The summed E-state index contributed by atoms with van der Waals surface area (Å²) in [4.78, 5) is 36.1. The molecular formula is C96H74N8. The minimum atomic E-state index is -1.15. The van der Waals surface area contributed by atoms with Crippen LogP contribution in [-0.4, -0.2) is 29.5 Å². The first-order valence-corrected chi connectivity index (χ1v) is 37.1. The Morgan fingerprint density at radius 2 is 0.692 bits per heavy atom. The van der Waals surface area contributed by atoms with Crippen molar-refractivity contribution in [3.05, 3.63) is 352 Å². The third-order valence-corrected chi connectivity index (χ3v) is 22.3. The minimum Gasteiger partial charge on any atom is -0.337 e. The standard InChI is InChI=1S/C48H36N4.C48H38N4/c1-3-15-35(16-4-1)43-46(36-17-5-2-6-18-36)52-47(49-43)41-29-31-13-11-14-32-26-28-34(20-12-19-33(41)27-25-31)42(30-32)48(52)50-44-39-23-9-7-21-37(39)38-22-8-10-24-40(38)45(44)51-48;1-3-15-35(16-4-1)43-44(36-17-5-2-6-18-36)50-47(49-43)41-29-31-13-11-14-32-26-28-34(20-12-19-33(41)27-25-31)42(30-32)48-51-45-39-23-9-7-21-37(39)38-22-8-10-24-40(38)46(45)52-48/h1-10,15-18,21-30H,11-14,19-20H2;1-10,15-18,21-30H,11-14,19-20H2,(H,49,50)(H,51,52). The van der Waals surface area contributed by atoms with Gasteiger partial charge in [-0.05, 0) is 167 Å². The van der Waals surface area contributed by atoms with E-state index in [1.807, 2.05) is 0 Å². The molecule has 7 aliphatic rings. The van der Waals surface area contributed by atoms with Gasteiger partial charge in [-0.25, -0.2) is 24.9 Å². The van der Waals surface area contributed by atoms with E-state index in [-0.39, 0.29) is 0 Å². The molecule has 8 bridgehead atoms. The van der Waals surface area contributed by atoms with Gasteiger partial charge in [-0.1, -0.05) is 267 Å². The van der Waals surface area contributed by atoms with Gasteiger partial charge in [0.05, 0.1) is 44.5 Å². The number of hydrogen-bond donors (Lipinski definition) is 2. The van der Waals surface area contributed by atoms with E-state index in [1.54, 1.807) is 0 Å². The number of imidazole rings is 3. The summed E-state index contributed by atoms with van der Waals surface area (Å²) in [6.07, 6.45) is 12.0. The van der Waals surface area contributed by atoms with Gasteiger partial charge >= 0.3 is 0 Å². The van der Waals surface area contributed by atoms with Crippen LogP contribution in [0.25, 0.3) is 133 Å². The van der Waals surface area contributed by atoms with E-state index in [0.29, 0.717) is 0 Å². The summed E-state index contributed by atoms with van der Waals surface area (Å²) in [5.74, 6) is 1.67. The van der Waals surface area contributed by atoms with Crippen molar-refractivity contribution < 1.29 is 0 Å². The van der Waals surface area contributed by atoms with Crippen molar-refractivity contribution in [2.45, 2.75) is 82.8 Å². The van der Waals surface area contributed by atoms with Gasteiger partial charge in [0.15, 0.2) is 0 Å². The highest BCUT2D eigenvalue weighted by Gasteiger charge is 2.45. The van der Waals surface area contributed by atoms with Crippen LogP contribution in [0.15, 0.2) is 301 Å². The van der Waals surface area contributed by atoms with Crippen LogP contribution in [0, 0.1) is 0 Å². The van der Waals surface area contributed by atoms with Crippen LogP contribution in [-0.2, 0) is 57.2 Å². The van der Waals surface area contributed by atoms with Crippen LogP contribution in [0.3, 0.4) is 0 Å². The molecule has 14 aromatic carbocycles. The number of benzene rings is 14. The molecular weight excluding hydrogens is 1270 g/mol. The fraction of sp³-hybridized carbons (Fsp3) is 0.135. The highest BCUT2D eigenvalue weighted by atomic mass is 15.4. The maximum atomic E-state index is 6.02. The lowest BCUT2D eigenvalue weighted by Gasteiger charge is -2.33. The number of nitrogens with one attached hydrogen (secondary N) is 2. The van der Waals surface area contributed by atoms with Crippen LogP contribution in [0.1, 0.15) is 75.8 Å². The molecule has 0 saturated carbocycles. The van der Waals surface area contributed by atoms with Crippen molar-refractivity contribution >= 4 is 54.1 Å². The van der Waals surface area contributed by atoms with Gasteiger partial charge in [0.25, 0.3) is 5.79 Å². The molecule has 0 radical (unpaired) electrons. The average Bonchev–Trinajstić information content (AvgIpc) is 1.53. The minimum absolute atomic E-state index is 0.919. The predicted molar refractivity (Wildman–Crippen MR) is 425 cm³/mol. The largest absolute Gasteiger partial charge is 0.337 e. The molecule has 0 unspecified atom stereocenters. The van der Waals surface area contributed by atoms with Gasteiger partial charge in [0, 0.05) is 66.1 Å². The molecule has 8 heteroatoms. The Balaban J connectivity index is 0.000000139. The van der Waals surface area contributed by atoms with E-state index in [4.69, 9.17) is 24.9 Å². The fourth-order valence-electron chi connectivity index (χ4n) is 17.3. The lowest BCUT2D eigenvalue weighted by atomic mass is 9.88. The van der Waals surface area contributed by atoms with E-state index in [9.17, 15) is 0 Å². The normalized spacial score (nSPS) is 14.3. The Labute approximate surface area is 603 Å². The predicted octanol–water partition coefficient (Wildman–Crippen LogP) is 21.7. The van der Waals surface area contributed by atoms with Crippen molar-refractivity contribution in [1.82, 2.24) is 29.5 Å². The number of fused-ring (bicyclic) bond motifs is 14. The lowest BCUT2D eigenvalue weighted by molar-refractivity contribution is 0.391. The second kappa shape index (κ2) is 25.6. The van der Waals surface area contributed by atoms with Gasteiger partial charge < -0.3 is 9.97 Å². The number of nitrogens with zero attached hydrogens (tertiary/aromatic N) is 6. The van der Waals surface area contributed by atoms with Gasteiger partial charge in [-0.3, -0.25) is 4.57 Å². The number of aromatic nitrogens is 6. The molecule has 0 amide bonds. The van der Waals surface area contributed by atoms with E-state index in [0.717, 1.165) is 178 Å². The smallest absolute Gasteiger partial charge is 0.261 e. The molecule has 17 aromatic rings. The number of rotatable bonds is 6. The number of hydrogen-bond acceptors (Lipinski definition) is 5. The molecule has 24 rings (SSSR count). The van der Waals surface area contributed by atoms with E-state index >= 15 is 0 Å². The maximum Gasteiger partial charge on any atom is 0.261 e. The van der Waals surface area contributed by atoms with Crippen LogP contribution < -0.4 is 10.7 Å². The lowest BCUT2D eigenvalue weighted by Crippen LogP contribution is -2.34. The maximum absolute atomic E-state index is 6.02. The monoisotopic (exact) mass is 1340 g/mol. The zero-order valence-corrected chi connectivity index (χ0v) is 57.9. The molecule has 4 aliphatic carbocycles. The van der Waals surface area contributed by atoms with Crippen LogP contribution in [0.4, 0.5) is 0 Å². The number of aromatic amines is 2. The SMILES string of the molecule is c1ccc(-c2nc(-c3cc4ccc3CCCc3ccc(cc3-c3nc5c6ccccc6c6ccccc6c5[nH]3)CCC4)[nH]c2-c2ccccc2)cc1.c1ccc(-c2nc3n(c2-c2ccccc2)C2(N=c4c(c5ccccc5c5ccccc45)=N2)c2cc4ccc2CCCc2ccc(cc2-3)CCC4)cc1. The summed E-state index contributed by atoms with van der Waals surface area (Å²) in [6, 6.07) is 106. The average molecular weight is 1340 g/mol. The van der Waals surface area contributed by atoms with Gasteiger partial charge in [-0.2, -0.15) is 0 Å². The van der Waals surface area contributed by atoms with Crippen LogP contribution >= 0.6 is 0 Å². The summed E-state index contributed by atoms with van der Waals surface area (Å²) in [5, 5.41) is 11.5.